The second-order valence-electron chi connectivity index (χ2n) is 21.2. The molecule has 0 atom stereocenters. The highest BCUT2D eigenvalue weighted by atomic mass is 31.2. The van der Waals surface area contributed by atoms with Crippen molar-refractivity contribution in [3.63, 3.8) is 0 Å². The summed E-state index contributed by atoms with van der Waals surface area (Å²) < 4.78 is 0. The van der Waals surface area contributed by atoms with Crippen molar-refractivity contribution in [1.29, 1.82) is 0 Å². The van der Waals surface area contributed by atoms with E-state index in [0.29, 0.717) is 0 Å². The predicted molar refractivity (Wildman–Crippen MR) is 344 cm³/mol. The quantitative estimate of drug-likeness (QED) is 0.105. The lowest BCUT2D eigenvalue weighted by Gasteiger charge is -2.19. The Labute approximate surface area is 448 Å². The van der Waals surface area contributed by atoms with Crippen LogP contribution in [0.4, 0.5) is 0 Å². The Hall–Kier alpha value is -8.24. The van der Waals surface area contributed by atoms with Gasteiger partial charge in [-0.3, -0.25) is 0 Å². The molecule has 0 radical (unpaired) electrons. The van der Waals surface area contributed by atoms with Crippen LogP contribution in [0.3, 0.4) is 0 Å². The molecule has 366 valence electrons. The molecule has 0 saturated heterocycles. The van der Waals surface area contributed by atoms with Crippen molar-refractivity contribution in [3.05, 3.63) is 267 Å². The third-order valence-electron chi connectivity index (χ3n) is 15.0. The highest BCUT2D eigenvalue weighted by molar-refractivity contribution is 7.79. The monoisotopic (exact) mass is 1010 g/mol. The molecule has 0 aliphatic heterocycles. The number of fused-ring (bicyclic) bond motifs is 5. The fourth-order valence-corrected chi connectivity index (χ4v) is 13.2. The van der Waals surface area contributed by atoms with E-state index in [4.69, 9.17) is 0 Å². The maximum atomic E-state index is 4.47. The van der Waals surface area contributed by atoms with Gasteiger partial charge in [0.15, 0.2) is 0 Å². The van der Waals surface area contributed by atoms with E-state index >= 15 is 0 Å². The number of rotatable bonds is 8. The van der Waals surface area contributed by atoms with Gasteiger partial charge in [0.2, 0.25) is 0 Å². The smallest absolute Gasteiger partial charge is 0.00262 e. The molecule has 13 aromatic carbocycles. The van der Waals surface area contributed by atoms with Crippen molar-refractivity contribution < 1.29 is 0 Å². The molecule has 0 saturated carbocycles. The number of benzene rings is 13. The molecule has 13 rings (SSSR count). The molecule has 0 nitrogen and oxygen atoms in total. The molecule has 0 aliphatic carbocycles. The van der Waals surface area contributed by atoms with Crippen LogP contribution in [-0.2, 0) is 0 Å². The lowest BCUT2D eigenvalue weighted by atomic mass is 9.85. The molecule has 0 N–H and O–H groups in total. The fraction of sp³-hybridized carbons (Fsp3) is 0.0541. The van der Waals surface area contributed by atoms with Crippen molar-refractivity contribution in [1.82, 2.24) is 0 Å². The summed E-state index contributed by atoms with van der Waals surface area (Å²) in [6.45, 7) is 6.41. The maximum absolute atomic E-state index is 4.47. The number of hydrogen-bond donors (Lipinski definition) is 0. The third kappa shape index (κ3) is 9.35. The molecule has 0 unspecified atom stereocenters. The van der Waals surface area contributed by atoms with Crippen LogP contribution >= 0.6 is 13.8 Å². The summed E-state index contributed by atoms with van der Waals surface area (Å²) in [5.74, 6) is 0. The Balaban J connectivity index is 0.000000154. The Morgan fingerprint density at radius 3 is 0.868 bits per heavy atom. The fourth-order valence-electron chi connectivity index (χ4n) is 11.3. The lowest BCUT2D eigenvalue weighted by molar-refractivity contribution is 1.62. The van der Waals surface area contributed by atoms with E-state index < -0.39 is 13.8 Å². The van der Waals surface area contributed by atoms with E-state index in [1.165, 1.54) is 131 Å². The second-order valence-corrected chi connectivity index (χ2v) is 29.0. The molecule has 0 heterocycles. The minimum absolute atomic E-state index is 1.24. The van der Waals surface area contributed by atoms with Gasteiger partial charge in [-0.25, -0.2) is 0 Å². The van der Waals surface area contributed by atoms with Crippen molar-refractivity contribution in [2.24, 2.45) is 0 Å². The Kier molecular flexibility index (Phi) is 12.9. The predicted octanol–water partition coefficient (Wildman–Crippen LogP) is 19.8. The first kappa shape index (κ1) is 48.7. The van der Waals surface area contributed by atoms with Gasteiger partial charge in [-0.15, -0.1) is 0 Å². The van der Waals surface area contributed by atoms with Gasteiger partial charge in [-0.1, -0.05) is 263 Å². The van der Waals surface area contributed by atoms with Gasteiger partial charge in [0.1, 0.15) is 0 Å². The average Bonchev–Trinajstić information content (AvgIpc) is 3.51. The van der Waals surface area contributed by atoms with Gasteiger partial charge < -0.3 is 0 Å². The summed E-state index contributed by atoms with van der Waals surface area (Å²) in [5, 5.41) is 15.5. The minimum Gasteiger partial charge on any atom is -0.0971 e. The topological polar surface area (TPSA) is 0 Å². The van der Waals surface area contributed by atoms with E-state index in [0.717, 1.165) is 0 Å². The van der Waals surface area contributed by atoms with Crippen LogP contribution in [0.25, 0.3) is 121 Å². The molecule has 76 heavy (non-hydrogen) atoms. The Bertz CT molecular complexity index is 4340. The van der Waals surface area contributed by atoms with Gasteiger partial charge in [0, 0.05) is 0 Å². The first-order valence-corrected chi connectivity index (χ1v) is 31.9. The Morgan fingerprint density at radius 2 is 0.487 bits per heavy atom. The summed E-state index contributed by atoms with van der Waals surface area (Å²) in [5.41, 5.74) is 15.1. The largest absolute Gasteiger partial charge is 0.0971 e. The van der Waals surface area contributed by atoms with Gasteiger partial charge in [0.25, 0.3) is 0 Å². The first-order chi connectivity index (χ1) is 37.0. The van der Waals surface area contributed by atoms with Crippen molar-refractivity contribution in [3.8, 4) is 66.8 Å². The van der Waals surface area contributed by atoms with Gasteiger partial charge in [0.05, 0.1) is 0 Å². The van der Waals surface area contributed by atoms with Gasteiger partial charge in [-0.2, -0.15) is 0 Å². The van der Waals surface area contributed by atoms with E-state index in [2.05, 4.69) is 306 Å². The van der Waals surface area contributed by atoms with Crippen molar-refractivity contribution >= 4 is 90.8 Å². The molecule has 0 aromatic heterocycles. The summed E-state index contributed by atoms with van der Waals surface area (Å²) in [4.78, 5) is 0. The third-order valence-corrected chi connectivity index (χ3v) is 18.4. The van der Waals surface area contributed by atoms with Crippen LogP contribution in [0.5, 0.6) is 0 Å². The standard InChI is InChI=1S/C39H31P.C35H29P/c1-40(2,3)33-17-11-15-30(26-33)29-14-10-16-31(25-29)38-34-18-6-8-20-36(34)39(37-21-9-7-19-35(37)38)32-23-22-27-12-4-5-13-28(27)24-32;1-36(2,3)29-18-12-16-27(24-29)26-15-11-17-28(23-26)35-32-21-9-7-19-30(32)34(25-13-5-4-6-14-25)31-20-8-10-22-33(31)35/h4-26H,1H2,2-3H3;4-24H,1H2,2-3H3. The normalized spacial score (nSPS) is 11.8. The number of hydrogen-bond acceptors (Lipinski definition) is 0. The molecule has 0 aliphatic rings. The van der Waals surface area contributed by atoms with Crippen molar-refractivity contribution in [2.75, 3.05) is 26.7 Å². The van der Waals surface area contributed by atoms with E-state index in [9.17, 15) is 0 Å². The van der Waals surface area contributed by atoms with Crippen LogP contribution in [0.1, 0.15) is 0 Å². The first-order valence-electron chi connectivity index (χ1n) is 26.2. The Morgan fingerprint density at radius 1 is 0.211 bits per heavy atom. The highest BCUT2D eigenvalue weighted by Gasteiger charge is 2.19. The van der Waals surface area contributed by atoms with E-state index in [1.54, 1.807) is 0 Å². The second kappa shape index (κ2) is 20.1. The highest BCUT2D eigenvalue weighted by Crippen LogP contribution is 2.47. The zero-order chi connectivity index (χ0) is 52.0. The van der Waals surface area contributed by atoms with Gasteiger partial charge in [-0.05, 0) is 188 Å². The molecule has 0 fully saturated rings. The molecule has 2 heteroatoms. The van der Waals surface area contributed by atoms with Gasteiger partial charge >= 0.3 is 0 Å². The summed E-state index contributed by atoms with van der Waals surface area (Å²) in [7, 11) is 0. The zero-order valence-electron chi connectivity index (χ0n) is 43.7. The van der Waals surface area contributed by atoms with Crippen LogP contribution in [0.2, 0.25) is 0 Å². The maximum Gasteiger partial charge on any atom is -0.00262 e. The van der Waals surface area contributed by atoms with Crippen molar-refractivity contribution in [2.45, 2.75) is 0 Å². The molecule has 13 aromatic rings. The molecular formula is C74H60P2. The minimum atomic E-state index is -1.35. The molecular weight excluding hydrogens is 951 g/mol. The van der Waals surface area contributed by atoms with Crippen LogP contribution in [0, 0.1) is 0 Å². The van der Waals surface area contributed by atoms with E-state index in [-0.39, 0.29) is 0 Å². The average molecular weight is 1010 g/mol. The summed E-state index contributed by atoms with van der Waals surface area (Å²) >= 11 is 0. The van der Waals surface area contributed by atoms with Crippen LogP contribution < -0.4 is 10.6 Å². The molecule has 0 spiro atoms. The van der Waals surface area contributed by atoms with E-state index in [1.807, 2.05) is 0 Å². The molecule has 0 amide bonds. The summed E-state index contributed by atoms with van der Waals surface area (Å²) in [6, 6.07) is 97.6. The lowest BCUT2D eigenvalue weighted by Crippen LogP contribution is -2.02. The van der Waals surface area contributed by atoms with Crippen LogP contribution in [-0.4, -0.2) is 39.3 Å². The molecule has 0 bridgehead atoms. The zero-order valence-corrected chi connectivity index (χ0v) is 45.5. The van der Waals surface area contributed by atoms with Crippen LogP contribution in [0.15, 0.2) is 267 Å². The SMILES string of the molecule is C=P(C)(C)c1cccc(-c2cccc(-c3c4ccccc4c(-c4ccc5ccccc5c4)c4ccccc34)c2)c1.C=P(C)(C)c1cccc(-c2cccc(-c3c4ccccc4c(-c4ccccc4)c4ccccc34)c2)c1. The summed E-state index contributed by atoms with van der Waals surface area (Å²) in [6.07, 6.45) is 8.92.